The Morgan fingerprint density at radius 1 is 1.24 bits per heavy atom. The molecule has 160 valence electrons. The number of primary amides is 1. The van der Waals surface area contributed by atoms with Crippen LogP contribution in [-0.2, 0) is 22.8 Å². The fourth-order valence-corrected chi connectivity index (χ4v) is 5.41. The average molecular weight is 421 g/mol. The van der Waals surface area contributed by atoms with Gasteiger partial charge in [0.1, 0.15) is 5.82 Å². The molecule has 1 aromatic heterocycles. The van der Waals surface area contributed by atoms with Gasteiger partial charge in [0.05, 0.1) is 27.2 Å². The molecule has 1 saturated carbocycles. The standard InChI is InChI=1S/C21H32N4O3S/c1-20(2,3)11-18-23-16-10-15(8-9-17(16)25(18)12-14-6-7-14)29(27,28)13-21(4,5)24-19(22)26/h8-10,14H,6-7,11-13H2,1-5H3,(H3,22,24,26). The topological polar surface area (TPSA) is 107 Å². The average Bonchev–Trinajstić information content (AvgIpc) is 3.26. The van der Waals surface area contributed by atoms with E-state index in [1.54, 1.807) is 26.0 Å². The normalized spacial score (nSPS) is 15.6. The number of hydrogen-bond donors (Lipinski definition) is 2. The summed E-state index contributed by atoms with van der Waals surface area (Å²) < 4.78 is 28.2. The van der Waals surface area contributed by atoms with Crippen LogP contribution in [0.1, 0.15) is 53.3 Å². The number of fused-ring (bicyclic) bond motifs is 1. The van der Waals surface area contributed by atoms with Gasteiger partial charge < -0.3 is 15.6 Å². The number of carbonyl (C=O) groups excluding carboxylic acids is 1. The second-order valence-electron chi connectivity index (χ2n) is 10.1. The first kappa shape index (κ1) is 21.6. The Bertz CT molecular complexity index is 1030. The molecule has 8 heteroatoms. The van der Waals surface area contributed by atoms with Crippen molar-refractivity contribution in [2.24, 2.45) is 17.1 Å². The summed E-state index contributed by atoms with van der Waals surface area (Å²) in [5.41, 5.74) is 5.96. The lowest BCUT2D eigenvalue weighted by Gasteiger charge is -2.24. The quantitative estimate of drug-likeness (QED) is 0.717. The highest BCUT2D eigenvalue weighted by molar-refractivity contribution is 7.91. The van der Waals surface area contributed by atoms with Gasteiger partial charge in [-0.15, -0.1) is 0 Å². The monoisotopic (exact) mass is 420 g/mol. The van der Waals surface area contributed by atoms with E-state index in [0.29, 0.717) is 11.4 Å². The van der Waals surface area contributed by atoms with E-state index < -0.39 is 21.4 Å². The SMILES string of the molecule is CC(C)(C)Cc1nc2cc(S(=O)(=O)CC(C)(C)NC(N)=O)ccc2n1CC1CC1. The van der Waals surface area contributed by atoms with E-state index in [1.165, 1.54) is 12.8 Å². The molecule has 0 atom stereocenters. The first-order chi connectivity index (χ1) is 13.3. The van der Waals surface area contributed by atoms with Gasteiger partial charge in [-0.05, 0) is 56.2 Å². The zero-order valence-electron chi connectivity index (χ0n) is 17.9. The molecule has 0 bridgehead atoms. The second kappa shape index (κ2) is 7.31. The lowest BCUT2D eigenvalue weighted by atomic mass is 9.92. The minimum Gasteiger partial charge on any atom is -0.352 e. The number of sulfone groups is 1. The number of carbonyl (C=O) groups is 1. The van der Waals surface area contributed by atoms with Gasteiger partial charge in [0.25, 0.3) is 0 Å². The molecule has 1 aliphatic rings. The molecule has 1 aliphatic carbocycles. The number of nitrogens with one attached hydrogen (secondary N) is 1. The predicted molar refractivity (Wildman–Crippen MR) is 114 cm³/mol. The van der Waals surface area contributed by atoms with E-state index in [9.17, 15) is 13.2 Å². The summed E-state index contributed by atoms with van der Waals surface area (Å²) in [4.78, 5) is 16.2. The molecule has 0 saturated heterocycles. The van der Waals surface area contributed by atoms with Crippen LogP contribution < -0.4 is 11.1 Å². The summed E-state index contributed by atoms with van der Waals surface area (Å²) in [6.07, 6.45) is 3.30. The van der Waals surface area contributed by atoms with Gasteiger partial charge in [0, 0.05) is 13.0 Å². The van der Waals surface area contributed by atoms with E-state index >= 15 is 0 Å². The van der Waals surface area contributed by atoms with E-state index in [2.05, 4.69) is 30.7 Å². The van der Waals surface area contributed by atoms with Crippen molar-refractivity contribution < 1.29 is 13.2 Å². The number of aromatic nitrogens is 2. The first-order valence-corrected chi connectivity index (χ1v) is 11.7. The third-order valence-electron chi connectivity index (χ3n) is 5.00. The molecule has 29 heavy (non-hydrogen) atoms. The maximum Gasteiger partial charge on any atom is 0.312 e. The van der Waals surface area contributed by atoms with Crippen LogP contribution in [0, 0.1) is 11.3 Å². The summed E-state index contributed by atoms with van der Waals surface area (Å²) in [6, 6.07) is 4.41. The van der Waals surface area contributed by atoms with Crippen molar-refractivity contribution in [2.75, 3.05) is 5.75 Å². The minimum atomic E-state index is -3.62. The third kappa shape index (κ3) is 5.50. The summed E-state index contributed by atoms with van der Waals surface area (Å²) >= 11 is 0. The molecule has 0 aliphatic heterocycles. The minimum absolute atomic E-state index is 0.0854. The van der Waals surface area contributed by atoms with Crippen LogP contribution in [0.5, 0.6) is 0 Å². The molecule has 7 nitrogen and oxygen atoms in total. The molecule has 2 amide bonds. The Labute approximate surface area is 173 Å². The molecular formula is C21H32N4O3S. The highest BCUT2D eigenvalue weighted by Crippen LogP contribution is 2.34. The Hall–Kier alpha value is -2.09. The zero-order chi connectivity index (χ0) is 21.6. The highest BCUT2D eigenvalue weighted by atomic mass is 32.2. The van der Waals surface area contributed by atoms with Crippen molar-refractivity contribution in [3.8, 4) is 0 Å². The largest absolute Gasteiger partial charge is 0.352 e. The van der Waals surface area contributed by atoms with Crippen molar-refractivity contribution in [3.63, 3.8) is 0 Å². The Balaban J connectivity index is 1.97. The molecule has 1 heterocycles. The van der Waals surface area contributed by atoms with Crippen molar-refractivity contribution in [1.82, 2.24) is 14.9 Å². The first-order valence-electron chi connectivity index (χ1n) is 10.1. The Morgan fingerprint density at radius 3 is 2.45 bits per heavy atom. The Morgan fingerprint density at radius 2 is 1.90 bits per heavy atom. The van der Waals surface area contributed by atoms with Crippen LogP contribution in [-0.4, -0.2) is 35.3 Å². The Kier molecular flexibility index (Phi) is 5.45. The molecule has 1 fully saturated rings. The lowest BCUT2D eigenvalue weighted by Crippen LogP contribution is -2.50. The van der Waals surface area contributed by atoms with Crippen LogP contribution in [0.25, 0.3) is 11.0 Å². The van der Waals surface area contributed by atoms with Gasteiger partial charge in [-0.2, -0.15) is 0 Å². The van der Waals surface area contributed by atoms with Crippen LogP contribution >= 0.6 is 0 Å². The van der Waals surface area contributed by atoms with Crippen molar-refractivity contribution in [1.29, 1.82) is 0 Å². The smallest absolute Gasteiger partial charge is 0.312 e. The maximum atomic E-state index is 13.0. The van der Waals surface area contributed by atoms with Crippen molar-refractivity contribution >= 4 is 26.9 Å². The van der Waals surface area contributed by atoms with Crippen LogP contribution in [0.2, 0.25) is 0 Å². The number of benzene rings is 1. The van der Waals surface area contributed by atoms with Gasteiger partial charge in [0.15, 0.2) is 9.84 Å². The molecule has 3 N–H and O–H groups in total. The predicted octanol–water partition coefficient (Wildman–Crippen LogP) is 3.26. The molecular weight excluding hydrogens is 388 g/mol. The van der Waals surface area contributed by atoms with Gasteiger partial charge in [-0.25, -0.2) is 18.2 Å². The van der Waals surface area contributed by atoms with E-state index in [0.717, 1.165) is 24.3 Å². The van der Waals surface area contributed by atoms with E-state index in [-0.39, 0.29) is 16.1 Å². The molecule has 0 radical (unpaired) electrons. The lowest BCUT2D eigenvalue weighted by molar-refractivity contribution is 0.240. The van der Waals surface area contributed by atoms with Gasteiger partial charge >= 0.3 is 6.03 Å². The van der Waals surface area contributed by atoms with Crippen molar-refractivity contribution in [3.05, 3.63) is 24.0 Å². The summed E-state index contributed by atoms with van der Waals surface area (Å²) in [6.45, 7) is 10.7. The maximum absolute atomic E-state index is 13.0. The third-order valence-corrected chi connectivity index (χ3v) is 7.07. The molecule has 1 aromatic carbocycles. The molecule has 0 spiro atoms. The highest BCUT2D eigenvalue weighted by Gasteiger charge is 2.30. The van der Waals surface area contributed by atoms with Crippen LogP contribution in [0.4, 0.5) is 4.79 Å². The number of nitrogens with two attached hydrogens (primary N) is 1. The van der Waals surface area contributed by atoms with Gasteiger partial charge in [-0.1, -0.05) is 20.8 Å². The number of imidazole rings is 1. The van der Waals surface area contributed by atoms with Crippen molar-refractivity contribution in [2.45, 2.75) is 70.9 Å². The number of hydrogen-bond acceptors (Lipinski definition) is 4. The molecule has 0 unspecified atom stereocenters. The zero-order valence-corrected chi connectivity index (χ0v) is 18.8. The number of urea groups is 1. The summed E-state index contributed by atoms with van der Waals surface area (Å²) in [7, 11) is -3.62. The number of nitrogens with zero attached hydrogens (tertiary/aromatic N) is 2. The second-order valence-corrected chi connectivity index (χ2v) is 12.1. The fourth-order valence-electron chi connectivity index (χ4n) is 3.65. The van der Waals surface area contributed by atoms with Gasteiger partial charge in [-0.3, -0.25) is 0 Å². The molecule has 2 aromatic rings. The van der Waals surface area contributed by atoms with E-state index in [4.69, 9.17) is 10.7 Å². The van der Waals surface area contributed by atoms with E-state index in [1.807, 2.05) is 6.07 Å². The fraction of sp³-hybridized carbons (Fsp3) is 0.619. The van der Waals surface area contributed by atoms with Gasteiger partial charge in [0.2, 0.25) is 0 Å². The summed E-state index contributed by atoms with van der Waals surface area (Å²) in [5, 5.41) is 2.49. The molecule has 3 rings (SSSR count). The number of rotatable bonds is 7. The summed E-state index contributed by atoms with van der Waals surface area (Å²) in [5.74, 6) is 1.45. The van der Waals surface area contributed by atoms with Crippen LogP contribution in [0.3, 0.4) is 0 Å². The van der Waals surface area contributed by atoms with Crippen LogP contribution in [0.15, 0.2) is 23.1 Å². The number of amides is 2.